The van der Waals surface area contributed by atoms with Gasteiger partial charge in [-0.05, 0) is 43.2 Å². The highest BCUT2D eigenvalue weighted by molar-refractivity contribution is 8.01. The van der Waals surface area contributed by atoms with Gasteiger partial charge in [-0.2, -0.15) is 0 Å². The molecule has 0 unspecified atom stereocenters. The molecule has 1 saturated heterocycles. The highest BCUT2D eigenvalue weighted by Crippen LogP contribution is 2.38. The van der Waals surface area contributed by atoms with E-state index in [1.807, 2.05) is 0 Å². The van der Waals surface area contributed by atoms with Gasteiger partial charge in [0.15, 0.2) is 5.25 Å². The summed E-state index contributed by atoms with van der Waals surface area (Å²) in [6.45, 7) is 1.36. The number of thioether (sulfide) groups is 1. The Bertz CT molecular complexity index is 1050. The molecule has 0 radical (unpaired) electrons. The van der Waals surface area contributed by atoms with Crippen molar-refractivity contribution in [2.75, 3.05) is 23.1 Å². The van der Waals surface area contributed by atoms with Crippen molar-refractivity contribution in [3.8, 4) is 0 Å². The summed E-state index contributed by atoms with van der Waals surface area (Å²) >= 11 is 1.18. The van der Waals surface area contributed by atoms with Gasteiger partial charge in [-0.15, -0.1) is 11.8 Å². The molecular formula is C21H23N3O4S2. The molecule has 7 nitrogen and oxygen atoms in total. The molecule has 0 aliphatic carbocycles. The maximum atomic E-state index is 12.9. The Balaban J connectivity index is 1.53. The number of nitrogens with zero attached hydrogens (tertiary/aromatic N) is 1. The molecule has 9 heteroatoms. The Morgan fingerprint density at radius 1 is 1.03 bits per heavy atom. The molecule has 0 saturated carbocycles. The van der Waals surface area contributed by atoms with Crippen molar-refractivity contribution in [2.24, 2.45) is 0 Å². The molecular weight excluding hydrogens is 422 g/mol. The van der Waals surface area contributed by atoms with Crippen LogP contribution < -0.4 is 10.0 Å². The predicted octanol–water partition coefficient (Wildman–Crippen LogP) is 3.30. The molecule has 2 heterocycles. The first-order chi connectivity index (χ1) is 14.4. The topological polar surface area (TPSA) is 95.6 Å². The van der Waals surface area contributed by atoms with E-state index in [4.69, 9.17) is 0 Å². The molecule has 2 aliphatic heterocycles. The van der Waals surface area contributed by atoms with E-state index in [1.54, 1.807) is 41.3 Å². The van der Waals surface area contributed by atoms with Crippen molar-refractivity contribution < 1.29 is 18.0 Å². The second-order valence-electron chi connectivity index (χ2n) is 7.36. The molecule has 158 valence electrons. The van der Waals surface area contributed by atoms with Gasteiger partial charge < -0.3 is 10.2 Å². The normalized spacial score (nSPS) is 19.4. The number of para-hydroxylation sites is 1. The number of rotatable bonds is 4. The summed E-state index contributed by atoms with van der Waals surface area (Å²) in [6.07, 6.45) is 4.11. The number of likely N-dealkylation sites (tertiary alicyclic amines) is 1. The minimum atomic E-state index is -3.80. The van der Waals surface area contributed by atoms with Gasteiger partial charge in [0.1, 0.15) is 0 Å². The zero-order valence-corrected chi connectivity index (χ0v) is 18.0. The van der Waals surface area contributed by atoms with E-state index in [-0.39, 0.29) is 10.8 Å². The lowest BCUT2D eigenvalue weighted by atomic mass is 10.2. The second-order valence-corrected chi connectivity index (χ2v) is 10.2. The summed E-state index contributed by atoms with van der Waals surface area (Å²) in [5.74, 6) is -0.584. The molecule has 4 rings (SSSR count). The first kappa shape index (κ1) is 20.7. The number of fused-ring (bicyclic) bond motifs is 1. The van der Waals surface area contributed by atoms with Crippen LogP contribution in [0.3, 0.4) is 0 Å². The van der Waals surface area contributed by atoms with E-state index in [9.17, 15) is 18.0 Å². The number of anilines is 2. The Morgan fingerprint density at radius 2 is 1.73 bits per heavy atom. The SMILES string of the molecule is O=C1Nc2cc(S(=O)(=O)Nc3ccccc3)ccc2S[C@H]1C(=O)N1CCCCCC1. The first-order valence-electron chi connectivity index (χ1n) is 9.92. The third-order valence-corrected chi connectivity index (χ3v) is 7.81. The summed E-state index contributed by atoms with van der Waals surface area (Å²) in [6, 6.07) is 13.2. The molecule has 2 aliphatic rings. The van der Waals surface area contributed by atoms with Gasteiger partial charge >= 0.3 is 0 Å². The highest BCUT2D eigenvalue weighted by Gasteiger charge is 2.36. The third-order valence-electron chi connectivity index (χ3n) is 5.17. The Labute approximate surface area is 180 Å². The van der Waals surface area contributed by atoms with E-state index < -0.39 is 21.2 Å². The Kier molecular flexibility index (Phi) is 6.01. The van der Waals surface area contributed by atoms with E-state index >= 15 is 0 Å². The molecule has 2 aromatic carbocycles. The van der Waals surface area contributed by atoms with Crippen LogP contribution in [0.15, 0.2) is 58.3 Å². The molecule has 2 N–H and O–H groups in total. The van der Waals surface area contributed by atoms with E-state index in [1.165, 1.54) is 23.9 Å². The van der Waals surface area contributed by atoms with E-state index in [0.717, 1.165) is 25.7 Å². The van der Waals surface area contributed by atoms with Crippen molar-refractivity contribution in [2.45, 2.75) is 40.7 Å². The average Bonchev–Trinajstić information content (AvgIpc) is 3.02. The molecule has 2 aromatic rings. The fourth-order valence-electron chi connectivity index (χ4n) is 3.60. The number of amides is 2. The monoisotopic (exact) mass is 445 g/mol. The van der Waals surface area contributed by atoms with Crippen molar-refractivity contribution in [1.29, 1.82) is 0 Å². The van der Waals surface area contributed by atoms with Crippen LogP contribution in [0, 0.1) is 0 Å². The molecule has 0 bridgehead atoms. The highest BCUT2D eigenvalue weighted by atomic mass is 32.2. The van der Waals surface area contributed by atoms with Crippen LogP contribution in [-0.2, 0) is 19.6 Å². The molecule has 2 amide bonds. The Morgan fingerprint density at radius 3 is 2.43 bits per heavy atom. The van der Waals surface area contributed by atoms with Crippen LogP contribution in [-0.4, -0.2) is 43.5 Å². The fraction of sp³-hybridized carbons (Fsp3) is 0.333. The maximum Gasteiger partial charge on any atom is 0.261 e. The lowest BCUT2D eigenvalue weighted by Crippen LogP contribution is -2.45. The molecule has 1 fully saturated rings. The van der Waals surface area contributed by atoms with Crippen molar-refractivity contribution in [3.63, 3.8) is 0 Å². The van der Waals surface area contributed by atoms with Gasteiger partial charge in [-0.1, -0.05) is 31.0 Å². The standard InChI is InChI=1S/C21H23N3O4S2/c25-20-19(21(26)24-12-6-1-2-7-13-24)29-18-11-10-16(14-17(18)22-20)30(27,28)23-15-8-4-3-5-9-15/h3-5,8-11,14,19,23H,1-2,6-7,12-13H2,(H,22,25)/t19-/m1/s1. The number of benzene rings is 2. The van der Waals surface area contributed by atoms with E-state index in [2.05, 4.69) is 10.0 Å². The third kappa shape index (κ3) is 4.46. The van der Waals surface area contributed by atoms with Crippen molar-refractivity contribution in [3.05, 3.63) is 48.5 Å². The number of hydrogen-bond acceptors (Lipinski definition) is 5. The molecule has 0 spiro atoms. The summed E-state index contributed by atoms with van der Waals surface area (Å²) in [5.41, 5.74) is 0.859. The van der Waals surface area contributed by atoms with Crippen molar-refractivity contribution >= 4 is 45.0 Å². The number of nitrogens with one attached hydrogen (secondary N) is 2. The summed E-state index contributed by atoms with van der Waals surface area (Å²) < 4.78 is 27.9. The second kappa shape index (κ2) is 8.69. The number of carbonyl (C=O) groups excluding carboxylic acids is 2. The van der Waals surface area contributed by atoms with Crippen LogP contribution in [0.25, 0.3) is 0 Å². The maximum absolute atomic E-state index is 12.9. The minimum Gasteiger partial charge on any atom is -0.341 e. The molecule has 1 atom stereocenters. The zero-order valence-electron chi connectivity index (χ0n) is 16.3. The minimum absolute atomic E-state index is 0.0447. The fourth-order valence-corrected chi connectivity index (χ4v) is 5.73. The van der Waals surface area contributed by atoms with Crippen LogP contribution in [0.5, 0.6) is 0 Å². The average molecular weight is 446 g/mol. The van der Waals surface area contributed by atoms with Gasteiger partial charge in [-0.25, -0.2) is 8.42 Å². The van der Waals surface area contributed by atoms with Crippen LogP contribution in [0.4, 0.5) is 11.4 Å². The number of carbonyl (C=O) groups is 2. The smallest absolute Gasteiger partial charge is 0.261 e. The van der Waals surface area contributed by atoms with Gasteiger partial charge in [0.25, 0.3) is 10.0 Å². The number of sulfonamides is 1. The van der Waals surface area contributed by atoms with Gasteiger partial charge in [0, 0.05) is 23.7 Å². The van der Waals surface area contributed by atoms with Crippen LogP contribution in [0.1, 0.15) is 25.7 Å². The number of hydrogen-bond donors (Lipinski definition) is 2. The zero-order chi connectivity index (χ0) is 21.1. The summed E-state index contributed by atoms with van der Waals surface area (Å²) in [5, 5.41) is 1.88. The lowest BCUT2D eigenvalue weighted by Gasteiger charge is -2.28. The quantitative estimate of drug-likeness (QED) is 0.704. The van der Waals surface area contributed by atoms with Gasteiger partial charge in [0.05, 0.1) is 10.6 Å². The largest absolute Gasteiger partial charge is 0.341 e. The predicted molar refractivity (Wildman–Crippen MR) is 117 cm³/mol. The molecule has 30 heavy (non-hydrogen) atoms. The summed E-state index contributed by atoms with van der Waals surface area (Å²) in [7, 11) is -3.80. The first-order valence-corrected chi connectivity index (χ1v) is 12.3. The Hall–Kier alpha value is -2.52. The lowest BCUT2D eigenvalue weighted by molar-refractivity contribution is -0.133. The van der Waals surface area contributed by atoms with Crippen molar-refractivity contribution in [1.82, 2.24) is 4.90 Å². The van der Waals surface area contributed by atoms with Crippen LogP contribution in [0.2, 0.25) is 0 Å². The van der Waals surface area contributed by atoms with Crippen LogP contribution >= 0.6 is 11.8 Å². The summed E-state index contributed by atoms with van der Waals surface area (Å²) in [4.78, 5) is 28.0. The van der Waals surface area contributed by atoms with Gasteiger partial charge in [-0.3, -0.25) is 14.3 Å². The molecule has 0 aromatic heterocycles. The van der Waals surface area contributed by atoms with E-state index in [0.29, 0.717) is 29.4 Å². The van der Waals surface area contributed by atoms with Gasteiger partial charge in [0.2, 0.25) is 11.8 Å².